The molecule has 0 saturated carbocycles. The number of amides is 1. The lowest BCUT2D eigenvalue weighted by atomic mass is 10.3. The Labute approximate surface area is 72.6 Å². The number of rotatable bonds is 1. The van der Waals surface area contributed by atoms with Gasteiger partial charge in [-0.3, -0.25) is 9.78 Å². The van der Waals surface area contributed by atoms with Gasteiger partial charge in [0.15, 0.2) is 0 Å². The molecule has 0 unspecified atom stereocenters. The molecule has 0 spiro atoms. The van der Waals surface area contributed by atoms with E-state index in [0.29, 0.717) is 0 Å². The first-order chi connectivity index (χ1) is 5.66. The van der Waals surface area contributed by atoms with Gasteiger partial charge in [-0.15, -0.1) is 0 Å². The van der Waals surface area contributed by atoms with Gasteiger partial charge in [0.25, 0.3) is 0 Å². The largest absolute Gasteiger partial charge is 0.370 e. The van der Waals surface area contributed by atoms with Crippen molar-refractivity contribution in [3.05, 3.63) is 30.1 Å². The summed E-state index contributed by atoms with van der Waals surface area (Å²) in [5.74, 6) is -0.333. The third-order valence-corrected chi connectivity index (χ3v) is 1.09. The second-order valence-corrected chi connectivity index (χ2v) is 2.29. The summed E-state index contributed by atoms with van der Waals surface area (Å²) in [4.78, 5) is 13.3. The predicted octanol–water partition coefficient (Wildman–Crippen LogP) is 1.14. The molecule has 0 radical (unpaired) electrons. The Morgan fingerprint density at radius 2 is 2.17 bits per heavy atom. The molecular weight excluding hydrogens is 152 g/mol. The molecule has 1 aromatic heterocycles. The van der Waals surface area contributed by atoms with Crippen molar-refractivity contribution >= 4 is 5.91 Å². The van der Waals surface area contributed by atoms with Gasteiger partial charge >= 0.3 is 0 Å². The van der Waals surface area contributed by atoms with Gasteiger partial charge in [-0.05, 0) is 18.6 Å². The van der Waals surface area contributed by atoms with Crippen molar-refractivity contribution in [3.63, 3.8) is 0 Å². The fourth-order valence-electron chi connectivity index (χ4n) is 0.607. The molecule has 2 N–H and O–H groups in total. The van der Waals surface area contributed by atoms with Crippen molar-refractivity contribution in [1.82, 2.24) is 4.98 Å². The van der Waals surface area contributed by atoms with E-state index in [1.165, 1.54) is 6.92 Å². The van der Waals surface area contributed by atoms with E-state index < -0.39 is 0 Å². The van der Waals surface area contributed by atoms with E-state index in [1.54, 1.807) is 0 Å². The first-order valence-corrected chi connectivity index (χ1v) is 3.82. The van der Waals surface area contributed by atoms with Crippen molar-refractivity contribution in [2.24, 2.45) is 5.73 Å². The summed E-state index contributed by atoms with van der Waals surface area (Å²) < 4.78 is 0. The smallest absolute Gasteiger partial charge is 0.214 e. The lowest BCUT2D eigenvalue weighted by molar-refractivity contribution is -0.115. The van der Waals surface area contributed by atoms with Crippen LogP contribution in [-0.2, 0) is 11.2 Å². The van der Waals surface area contributed by atoms with Gasteiger partial charge in [0.1, 0.15) is 0 Å². The average Bonchev–Trinajstić information content (AvgIpc) is 2.05. The van der Waals surface area contributed by atoms with Crippen molar-refractivity contribution < 1.29 is 4.79 Å². The number of nitrogens with two attached hydrogens (primary N) is 1. The van der Waals surface area contributed by atoms with Gasteiger partial charge in [-0.1, -0.05) is 13.0 Å². The van der Waals surface area contributed by atoms with E-state index in [-0.39, 0.29) is 5.91 Å². The molecule has 0 aliphatic heterocycles. The number of aryl methyl sites for hydroxylation is 1. The molecule has 1 aromatic rings. The monoisotopic (exact) mass is 166 g/mol. The number of hydrogen-bond donors (Lipinski definition) is 1. The topological polar surface area (TPSA) is 56.0 Å². The van der Waals surface area contributed by atoms with Crippen molar-refractivity contribution in [2.75, 3.05) is 0 Å². The summed E-state index contributed by atoms with van der Waals surface area (Å²) in [5.41, 5.74) is 5.63. The first kappa shape index (κ1) is 10.6. The fourth-order valence-corrected chi connectivity index (χ4v) is 0.607. The lowest BCUT2D eigenvalue weighted by Crippen LogP contribution is -2.01. The predicted molar refractivity (Wildman–Crippen MR) is 48.5 cm³/mol. The Hall–Kier alpha value is -1.38. The highest BCUT2D eigenvalue weighted by Crippen LogP contribution is 1.91. The first-order valence-electron chi connectivity index (χ1n) is 3.82. The van der Waals surface area contributed by atoms with Crippen molar-refractivity contribution in [1.29, 1.82) is 0 Å². The Balaban J connectivity index is 0.000000261. The van der Waals surface area contributed by atoms with Crippen LogP contribution in [0.3, 0.4) is 0 Å². The summed E-state index contributed by atoms with van der Waals surface area (Å²) in [6, 6.07) is 5.96. The van der Waals surface area contributed by atoms with Crippen LogP contribution >= 0.6 is 0 Å². The molecule has 3 heteroatoms. The van der Waals surface area contributed by atoms with Crippen LogP contribution in [0.1, 0.15) is 19.5 Å². The van der Waals surface area contributed by atoms with E-state index in [9.17, 15) is 4.79 Å². The van der Waals surface area contributed by atoms with Gasteiger partial charge in [0.05, 0.1) is 0 Å². The fraction of sp³-hybridized carbons (Fsp3) is 0.333. The molecule has 1 rings (SSSR count). The maximum Gasteiger partial charge on any atom is 0.214 e. The van der Waals surface area contributed by atoms with Gasteiger partial charge in [0.2, 0.25) is 5.91 Å². The van der Waals surface area contributed by atoms with E-state index in [2.05, 4.69) is 17.6 Å². The Morgan fingerprint density at radius 1 is 1.58 bits per heavy atom. The van der Waals surface area contributed by atoms with Crippen LogP contribution in [0.15, 0.2) is 24.4 Å². The maximum absolute atomic E-state index is 9.22. The number of nitrogens with zero attached hydrogens (tertiary/aromatic N) is 1. The van der Waals surface area contributed by atoms with Crippen molar-refractivity contribution in [3.8, 4) is 0 Å². The normalized spacial score (nSPS) is 8.17. The van der Waals surface area contributed by atoms with Gasteiger partial charge in [-0.2, -0.15) is 0 Å². The number of carbonyl (C=O) groups excluding carboxylic acids is 1. The van der Waals surface area contributed by atoms with Gasteiger partial charge in [-0.25, -0.2) is 0 Å². The Morgan fingerprint density at radius 3 is 2.42 bits per heavy atom. The molecular formula is C9H14N2O. The zero-order chi connectivity index (χ0) is 9.40. The van der Waals surface area contributed by atoms with Crippen LogP contribution in [0, 0.1) is 0 Å². The molecule has 0 atom stereocenters. The Kier molecular flexibility index (Phi) is 5.61. The average molecular weight is 166 g/mol. The number of hydrogen-bond acceptors (Lipinski definition) is 2. The summed E-state index contributed by atoms with van der Waals surface area (Å²) >= 11 is 0. The molecule has 1 heterocycles. The zero-order valence-electron chi connectivity index (χ0n) is 7.45. The molecule has 1 amide bonds. The molecule has 0 aliphatic rings. The van der Waals surface area contributed by atoms with Crippen LogP contribution in [-0.4, -0.2) is 10.9 Å². The van der Waals surface area contributed by atoms with Crippen LogP contribution in [0.25, 0.3) is 0 Å². The van der Waals surface area contributed by atoms with Gasteiger partial charge in [0, 0.05) is 18.8 Å². The summed E-state index contributed by atoms with van der Waals surface area (Å²) in [6.45, 7) is 3.41. The third kappa shape index (κ3) is 6.74. The highest BCUT2D eigenvalue weighted by atomic mass is 16.1. The molecule has 0 bridgehead atoms. The molecule has 0 saturated heterocycles. The lowest BCUT2D eigenvalue weighted by Gasteiger charge is -1.88. The van der Waals surface area contributed by atoms with Crippen molar-refractivity contribution in [2.45, 2.75) is 20.3 Å². The van der Waals surface area contributed by atoms with Crippen LogP contribution in [0.4, 0.5) is 0 Å². The summed E-state index contributed by atoms with van der Waals surface area (Å²) in [5, 5.41) is 0. The van der Waals surface area contributed by atoms with Crippen LogP contribution < -0.4 is 5.73 Å². The minimum absolute atomic E-state index is 0.333. The van der Waals surface area contributed by atoms with E-state index in [4.69, 9.17) is 0 Å². The SMILES string of the molecule is CC(N)=O.CCc1ccccn1. The number of primary amides is 1. The zero-order valence-corrected chi connectivity index (χ0v) is 7.45. The van der Waals surface area contributed by atoms with Gasteiger partial charge < -0.3 is 5.73 Å². The molecule has 12 heavy (non-hydrogen) atoms. The quantitative estimate of drug-likeness (QED) is 0.680. The second kappa shape index (κ2) is 6.34. The highest BCUT2D eigenvalue weighted by Gasteiger charge is 1.81. The third-order valence-electron chi connectivity index (χ3n) is 1.09. The standard InChI is InChI=1S/C7H9N.C2H5NO/c1-2-7-5-3-4-6-8-7;1-2(3)4/h3-6H,2H2,1H3;1H3,(H2,3,4). The Bertz CT molecular complexity index is 217. The molecule has 66 valence electrons. The minimum Gasteiger partial charge on any atom is -0.370 e. The molecule has 0 aromatic carbocycles. The van der Waals surface area contributed by atoms with E-state index in [0.717, 1.165) is 12.1 Å². The summed E-state index contributed by atoms with van der Waals surface area (Å²) in [7, 11) is 0. The number of aromatic nitrogens is 1. The van der Waals surface area contributed by atoms with Crippen LogP contribution in [0.5, 0.6) is 0 Å². The number of pyridine rings is 1. The second-order valence-electron chi connectivity index (χ2n) is 2.29. The maximum atomic E-state index is 9.22. The number of carbonyl (C=O) groups is 1. The summed E-state index contributed by atoms with van der Waals surface area (Å²) in [6.07, 6.45) is 2.85. The molecule has 3 nitrogen and oxygen atoms in total. The molecule has 0 fully saturated rings. The van der Waals surface area contributed by atoms with E-state index in [1.807, 2.05) is 24.4 Å². The minimum atomic E-state index is -0.333. The van der Waals surface area contributed by atoms with E-state index >= 15 is 0 Å². The highest BCUT2D eigenvalue weighted by molar-refractivity contribution is 5.70. The van der Waals surface area contributed by atoms with Crippen LogP contribution in [0.2, 0.25) is 0 Å². The molecule has 0 aliphatic carbocycles.